The molecule has 0 radical (unpaired) electrons. The van der Waals surface area contributed by atoms with Crippen molar-refractivity contribution in [2.45, 2.75) is 31.7 Å². The predicted molar refractivity (Wildman–Crippen MR) is 73.3 cm³/mol. The second kappa shape index (κ2) is 5.87. The quantitative estimate of drug-likeness (QED) is 0.442. The van der Waals surface area contributed by atoms with Crippen molar-refractivity contribution >= 4 is 17.3 Å². The van der Waals surface area contributed by atoms with Crippen molar-refractivity contribution in [3.8, 4) is 5.75 Å². The number of phenols is 1. The minimum Gasteiger partial charge on any atom is -0.506 e. The van der Waals surface area contributed by atoms with Gasteiger partial charge in [-0.3, -0.25) is 14.9 Å². The van der Waals surface area contributed by atoms with E-state index in [2.05, 4.69) is 5.32 Å². The molecule has 20 heavy (non-hydrogen) atoms. The first-order valence-electron chi connectivity index (χ1n) is 6.51. The van der Waals surface area contributed by atoms with E-state index in [9.17, 15) is 20.0 Å². The molecule has 0 heterocycles. The van der Waals surface area contributed by atoms with Crippen molar-refractivity contribution in [1.29, 1.82) is 0 Å². The second-order valence-corrected chi connectivity index (χ2v) is 5.07. The van der Waals surface area contributed by atoms with Crippen LogP contribution in [0, 0.1) is 16.0 Å². The van der Waals surface area contributed by atoms with Crippen molar-refractivity contribution in [2.24, 2.45) is 11.7 Å². The number of nitro benzene ring substituents is 1. The summed E-state index contributed by atoms with van der Waals surface area (Å²) in [5, 5.41) is 22.9. The molecule has 4 N–H and O–H groups in total. The summed E-state index contributed by atoms with van der Waals surface area (Å²) in [6.07, 6.45) is 3.23. The Balaban J connectivity index is 2.06. The third-order valence-electron chi connectivity index (χ3n) is 3.54. The lowest BCUT2D eigenvalue weighted by molar-refractivity contribution is -0.384. The minimum atomic E-state index is -0.606. The lowest BCUT2D eigenvalue weighted by atomic mass is 9.85. The molecule has 0 aromatic heterocycles. The topological polar surface area (TPSA) is 118 Å². The Morgan fingerprint density at radius 3 is 2.80 bits per heavy atom. The Morgan fingerprint density at radius 2 is 2.20 bits per heavy atom. The number of nitrogens with zero attached hydrogens (tertiary/aromatic N) is 1. The number of benzene rings is 1. The number of rotatable bonds is 3. The molecule has 108 valence electrons. The van der Waals surface area contributed by atoms with E-state index in [-0.39, 0.29) is 35.0 Å². The Labute approximate surface area is 115 Å². The molecule has 0 bridgehead atoms. The van der Waals surface area contributed by atoms with Crippen molar-refractivity contribution in [3.05, 3.63) is 28.3 Å². The standard InChI is InChI=1S/C13H17N3O4/c14-9-3-1-2-8(6-9)13(18)15-11-5-4-10(16(19)20)7-12(11)17/h4-5,7-9,17H,1-3,6,14H2,(H,15,18). The summed E-state index contributed by atoms with van der Waals surface area (Å²) in [6.45, 7) is 0. The van der Waals surface area contributed by atoms with Gasteiger partial charge in [0.05, 0.1) is 16.7 Å². The average molecular weight is 279 g/mol. The van der Waals surface area contributed by atoms with Gasteiger partial charge in [0.15, 0.2) is 0 Å². The summed E-state index contributed by atoms with van der Waals surface area (Å²) in [6, 6.07) is 3.61. The van der Waals surface area contributed by atoms with Gasteiger partial charge in [0.1, 0.15) is 5.75 Å². The summed E-state index contributed by atoms with van der Waals surface area (Å²) in [5.74, 6) is -0.690. The number of hydrogen-bond acceptors (Lipinski definition) is 5. The average Bonchev–Trinajstić information content (AvgIpc) is 2.40. The molecule has 0 saturated heterocycles. The first-order valence-corrected chi connectivity index (χ1v) is 6.51. The molecule has 1 amide bonds. The summed E-state index contributed by atoms with van der Waals surface area (Å²) in [4.78, 5) is 22.0. The zero-order valence-corrected chi connectivity index (χ0v) is 10.9. The zero-order chi connectivity index (χ0) is 14.7. The van der Waals surface area contributed by atoms with Crippen LogP contribution >= 0.6 is 0 Å². The van der Waals surface area contributed by atoms with Crippen LogP contribution in [0.25, 0.3) is 0 Å². The van der Waals surface area contributed by atoms with Crippen LogP contribution in [0.1, 0.15) is 25.7 Å². The molecule has 1 aromatic carbocycles. The van der Waals surface area contributed by atoms with Crippen molar-refractivity contribution < 1.29 is 14.8 Å². The third-order valence-corrected chi connectivity index (χ3v) is 3.54. The SMILES string of the molecule is NC1CCCC(C(=O)Nc2ccc([N+](=O)[O-])cc2O)C1. The number of carbonyl (C=O) groups excluding carboxylic acids is 1. The summed E-state index contributed by atoms with van der Waals surface area (Å²) >= 11 is 0. The largest absolute Gasteiger partial charge is 0.506 e. The molecule has 1 saturated carbocycles. The summed E-state index contributed by atoms with van der Waals surface area (Å²) < 4.78 is 0. The molecule has 0 spiro atoms. The maximum absolute atomic E-state index is 12.1. The Bertz CT molecular complexity index is 532. The number of carbonyl (C=O) groups is 1. The van der Waals surface area contributed by atoms with Crippen LogP contribution in [-0.2, 0) is 4.79 Å². The van der Waals surface area contributed by atoms with Gasteiger partial charge in [0, 0.05) is 18.0 Å². The Kier molecular flexibility index (Phi) is 4.19. The second-order valence-electron chi connectivity index (χ2n) is 5.07. The lowest BCUT2D eigenvalue weighted by Gasteiger charge is -2.25. The fraction of sp³-hybridized carbons (Fsp3) is 0.462. The molecule has 2 rings (SSSR count). The fourth-order valence-corrected chi connectivity index (χ4v) is 2.44. The molecule has 2 atom stereocenters. The molecule has 2 unspecified atom stereocenters. The Hall–Kier alpha value is -2.15. The van der Waals surface area contributed by atoms with E-state index in [1.807, 2.05) is 0 Å². The molecule has 7 nitrogen and oxygen atoms in total. The van der Waals surface area contributed by atoms with Crippen LogP contribution in [0.15, 0.2) is 18.2 Å². The van der Waals surface area contributed by atoms with E-state index in [1.165, 1.54) is 12.1 Å². The molecular weight excluding hydrogens is 262 g/mol. The van der Waals surface area contributed by atoms with Crippen LogP contribution in [0.5, 0.6) is 5.75 Å². The van der Waals surface area contributed by atoms with E-state index >= 15 is 0 Å². The van der Waals surface area contributed by atoms with Crippen molar-refractivity contribution in [2.75, 3.05) is 5.32 Å². The van der Waals surface area contributed by atoms with Gasteiger partial charge in [-0.1, -0.05) is 6.42 Å². The van der Waals surface area contributed by atoms with Gasteiger partial charge in [-0.2, -0.15) is 0 Å². The number of phenolic OH excluding ortho intramolecular Hbond substituents is 1. The highest BCUT2D eigenvalue weighted by Crippen LogP contribution is 2.30. The maximum atomic E-state index is 12.1. The number of nitrogens with two attached hydrogens (primary N) is 1. The van der Waals surface area contributed by atoms with Gasteiger partial charge < -0.3 is 16.2 Å². The number of aromatic hydroxyl groups is 1. The number of amides is 1. The normalized spacial score (nSPS) is 22.2. The highest BCUT2D eigenvalue weighted by atomic mass is 16.6. The van der Waals surface area contributed by atoms with Gasteiger partial charge in [0.2, 0.25) is 5.91 Å². The van der Waals surface area contributed by atoms with E-state index in [4.69, 9.17) is 5.73 Å². The molecule has 0 aliphatic heterocycles. The maximum Gasteiger partial charge on any atom is 0.273 e. The van der Waals surface area contributed by atoms with E-state index < -0.39 is 4.92 Å². The van der Waals surface area contributed by atoms with E-state index in [0.29, 0.717) is 6.42 Å². The lowest BCUT2D eigenvalue weighted by Crippen LogP contribution is -2.34. The molecule has 7 heteroatoms. The van der Waals surface area contributed by atoms with Crippen molar-refractivity contribution in [3.63, 3.8) is 0 Å². The van der Waals surface area contributed by atoms with Crippen LogP contribution in [-0.4, -0.2) is 22.0 Å². The fourth-order valence-electron chi connectivity index (χ4n) is 2.44. The highest BCUT2D eigenvalue weighted by molar-refractivity contribution is 5.94. The third kappa shape index (κ3) is 3.24. The van der Waals surface area contributed by atoms with Crippen LogP contribution in [0.3, 0.4) is 0 Å². The summed E-state index contributed by atoms with van der Waals surface area (Å²) in [7, 11) is 0. The predicted octanol–water partition coefficient (Wildman–Crippen LogP) is 1.76. The van der Waals surface area contributed by atoms with Crippen LogP contribution in [0.4, 0.5) is 11.4 Å². The molecule has 1 aliphatic carbocycles. The van der Waals surface area contributed by atoms with Gasteiger partial charge in [-0.25, -0.2) is 0 Å². The number of hydrogen-bond donors (Lipinski definition) is 3. The monoisotopic (exact) mass is 279 g/mol. The Morgan fingerprint density at radius 1 is 1.45 bits per heavy atom. The number of non-ortho nitro benzene ring substituents is 1. The first-order chi connectivity index (χ1) is 9.47. The number of anilines is 1. The number of nitrogens with one attached hydrogen (secondary N) is 1. The number of nitro groups is 1. The smallest absolute Gasteiger partial charge is 0.273 e. The van der Waals surface area contributed by atoms with Crippen LogP contribution < -0.4 is 11.1 Å². The zero-order valence-electron chi connectivity index (χ0n) is 10.9. The van der Waals surface area contributed by atoms with Gasteiger partial charge in [-0.05, 0) is 25.3 Å². The molecule has 1 aromatic rings. The minimum absolute atomic E-state index is 0.0324. The van der Waals surface area contributed by atoms with Gasteiger partial charge in [-0.15, -0.1) is 0 Å². The molecular formula is C13H17N3O4. The van der Waals surface area contributed by atoms with E-state index in [0.717, 1.165) is 25.3 Å². The molecule has 1 fully saturated rings. The van der Waals surface area contributed by atoms with Crippen molar-refractivity contribution in [1.82, 2.24) is 0 Å². The van der Waals surface area contributed by atoms with Gasteiger partial charge >= 0.3 is 0 Å². The van der Waals surface area contributed by atoms with Crippen LogP contribution in [0.2, 0.25) is 0 Å². The first kappa shape index (κ1) is 14.3. The summed E-state index contributed by atoms with van der Waals surface area (Å²) in [5.41, 5.74) is 5.79. The van der Waals surface area contributed by atoms with Gasteiger partial charge in [0.25, 0.3) is 5.69 Å². The van der Waals surface area contributed by atoms with E-state index in [1.54, 1.807) is 0 Å². The highest BCUT2D eigenvalue weighted by Gasteiger charge is 2.26. The molecule has 1 aliphatic rings.